The van der Waals surface area contributed by atoms with Gasteiger partial charge in [-0.05, 0) is 49.4 Å². The van der Waals surface area contributed by atoms with Crippen LogP contribution in [0.1, 0.15) is 12.0 Å². The minimum absolute atomic E-state index is 0.0564. The highest BCUT2D eigenvalue weighted by Gasteiger charge is 2.59. The van der Waals surface area contributed by atoms with Crippen molar-refractivity contribution in [2.75, 3.05) is 4.90 Å². The highest BCUT2D eigenvalue weighted by molar-refractivity contribution is 6.22. The number of nitrogens with zero attached hydrogens (tertiary/aromatic N) is 3. The van der Waals surface area contributed by atoms with Crippen LogP contribution in [0.2, 0.25) is 0 Å². The van der Waals surface area contributed by atoms with E-state index in [-0.39, 0.29) is 35.5 Å². The number of hydrogen-bond donors (Lipinski definition) is 0. The van der Waals surface area contributed by atoms with Crippen molar-refractivity contribution < 1.29 is 9.59 Å². The Labute approximate surface area is 203 Å². The molecule has 0 radical (unpaired) electrons. The molecular weight excluding hydrogens is 434 g/mol. The molecule has 0 N–H and O–H groups in total. The van der Waals surface area contributed by atoms with E-state index in [2.05, 4.69) is 31.2 Å². The van der Waals surface area contributed by atoms with Gasteiger partial charge in [0.15, 0.2) is 5.82 Å². The molecule has 2 aliphatic carbocycles. The number of carbonyl (C=O) groups is 2. The molecule has 5 nitrogen and oxygen atoms in total. The minimum atomic E-state index is -0.195. The lowest BCUT2D eigenvalue weighted by Crippen LogP contribution is -2.32. The second-order valence-electron chi connectivity index (χ2n) is 9.84. The van der Waals surface area contributed by atoms with Gasteiger partial charge in [0, 0.05) is 16.5 Å². The number of hydrogen-bond acceptors (Lipinski definition) is 4. The van der Waals surface area contributed by atoms with Crippen molar-refractivity contribution in [2.24, 2.45) is 23.7 Å². The van der Waals surface area contributed by atoms with Gasteiger partial charge in [0.1, 0.15) is 0 Å². The van der Waals surface area contributed by atoms with Crippen LogP contribution in [0, 0.1) is 30.6 Å². The normalized spacial score (nSPS) is 24.5. The average molecular weight is 458 g/mol. The number of aryl methyl sites for hydroxylation is 1. The molecular formula is C30H23N3O2. The molecule has 35 heavy (non-hydrogen) atoms. The molecule has 1 saturated carbocycles. The van der Waals surface area contributed by atoms with Crippen LogP contribution in [0.5, 0.6) is 0 Å². The van der Waals surface area contributed by atoms with Gasteiger partial charge in [-0.3, -0.25) is 14.5 Å². The zero-order valence-corrected chi connectivity index (χ0v) is 19.3. The maximum atomic E-state index is 13.2. The Bertz CT molecular complexity index is 1510. The van der Waals surface area contributed by atoms with Crippen molar-refractivity contribution in [1.82, 2.24) is 9.97 Å². The van der Waals surface area contributed by atoms with Crippen LogP contribution in [0.15, 0.2) is 84.9 Å². The Morgan fingerprint density at radius 2 is 1.46 bits per heavy atom. The zero-order chi connectivity index (χ0) is 23.7. The van der Waals surface area contributed by atoms with Crippen LogP contribution in [-0.4, -0.2) is 21.8 Å². The van der Waals surface area contributed by atoms with Crippen LogP contribution in [-0.2, 0) is 9.59 Å². The molecule has 2 fully saturated rings. The fraction of sp³-hybridized carbons (Fsp3) is 0.200. The van der Waals surface area contributed by atoms with Crippen molar-refractivity contribution in [2.45, 2.75) is 13.3 Å². The number of fused-ring (bicyclic) bond motifs is 6. The smallest absolute Gasteiger partial charge is 0.238 e. The highest BCUT2D eigenvalue weighted by atomic mass is 16.2. The van der Waals surface area contributed by atoms with Gasteiger partial charge in [-0.25, -0.2) is 9.97 Å². The molecule has 1 aromatic heterocycles. The monoisotopic (exact) mass is 457 g/mol. The minimum Gasteiger partial charge on any atom is -0.274 e. The summed E-state index contributed by atoms with van der Waals surface area (Å²) in [6.45, 7) is 2.06. The largest absolute Gasteiger partial charge is 0.274 e. The average Bonchev–Trinajstić information content (AvgIpc) is 3.58. The predicted molar refractivity (Wildman–Crippen MR) is 135 cm³/mol. The Morgan fingerprint density at radius 1 is 0.771 bits per heavy atom. The topological polar surface area (TPSA) is 63.2 Å². The van der Waals surface area contributed by atoms with Crippen molar-refractivity contribution in [3.05, 3.63) is 90.5 Å². The van der Waals surface area contributed by atoms with Crippen molar-refractivity contribution in [1.29, 1.82) is 0 Å². The first-order chi connectivity index (χ1) is 17.1. The van der Waals surface area contributed by atoms with Crippen molar-refractivity contribution in [3.8, 4) is 22.6 Å². The van der Waals surface area contributed by atoms with Crippen molar-refractivity contribution in [3.63, 3.8) is 0 Å². The summed E-state index contributed by atoms with van der Waals surface area (Å²) < 4.78 is 0. The standard InChI is InChI=1S/C30H23N3O2/c1-17-7-14-24-23(15-17)27(32-28(31-24)19-5-3-2-4-6-19)18-10-12-22(13-11-18)33-29(34)25-20-8-9-21(16-20)26(25)30(33)35/h2-15,20-21,25-26H,16H2,1H3/t20-,21+,25+,26-. The van der Waals surface area contributed by atoms with Crippen LogP contribution in [0.3, 0.4) is 0 Å². The van der Waals surface area contributed by atoms with E-state index in [1.807, 2.05) is 60.7 Å². The lowest BCUT2D eigenvalue weighted by atomic mass is 9.85. The van der Waals surface area contributed by atoms with E-state index in [0.717, 1.165) is 39.7 Å². The second-order valence-corrected chi connectivity index (χ2v) is 9.84. The van der Waals surface area contributed by atoms with Crippen LogP contribution in [0.4, 0.5) is 5.69 Å². The first kappa shape index (κ1) is 20.3. The summed E-state index contributed by atoms with van der Waals surface area (Å²) in [5.74, 6) is 0.578. The molecule has 170 valence electrons. The number of allylic oxidation sites excluding steroid dienone is 2. The summed E-state index contributed by atoms with van der Waals surface area (Å²) in [5.41, 5.74) is 5.36. The van der Waals surface area contributed by atoms with Crippen molar-refractivity contribution >= 4 is 28.4 Å². The summed E-state index contributed by atoms with van der Waals surface area (Å²) in [4.78, 5) is 37.6. The molecule has 1 saturated heterocycles. The molecule has 5 heteroatoms. The fourth-order valence-corrected chi connectivity index (χ4v) is 6.10. The first-order valence-corrected chi connectivity index (χ1v) is 12.1. The lowest BCUT2D eigenvalue weighted by molar-refractivity contribution is -0.123. The number of imide groups is 1. The van der Waals surface area contributed by atoms with Crippen LogP contribution < -0.4 is 4.90 Å². The van der Waals surface area contributed by atoms with E-state index in [1.165, 1.54) is 4.90 Å². The third kappa shape index (κ3) is 3.01. The Hall–Kier alpha value is -4.12. The number of rotatable bonds is 3. The molecule has 0 unspecified atom stereocenters. The maximum absolute atomic E-state index is 13.2. The summed E-state index contributed by atoms with van der Waals surface area (Å²) in [7, 11) is 0. The van der Waals surface area contributed by atoms with E-state index in [9.17, 15) is 9.59 Å². The van der Waals surface area contributed by atoms with Gasteiger partial charge >= 0.3 is 0 Å². The number of carbonyl (C=O) groups excluding carboxylic acids is 2. The molecule has 2 amide bonds. The molecule has 3 aromatic carbocycles. The van der Waals surface area contributed by atoms with E-state index in [0.29, 0.717) is 11.5 Å². The van der Waals surface area contributed by atoms with Gasteiger partial charge in [-0.2, -0.15) is 0 Å². The summed E-state index contributed by atoms with van der Waals surface area (Å²) >= 11 is 0. The Balaban J connectivity index is 1.30. The zero-order valence-electron chi connectivity index (χ0n) is 19.3. The highest BCUT2D eigenvalue weighted by Crippen LogP contribution is 2.53. The SMILES string of the molecule is Cc1ccc2nc(-c3ccccc3)nc(-c3ccc(N4C(=O)[C@@H]5[C@H](C4=O)[C@H]4C=C[C@@H]5C4)cc3)c2c1. The number of aromatic nitrogens is 2. The Kier molecular flexibility index (Phi) is 4.31. The second kappa shape index (κ2) is 7.44. The summed E-state index contributed by atoms with van der Waals surface area (Å²) in [6.07, 6.45) is 5.18. The third-order valence-electron chi connectivity index (χ3n) is 7.75. The molecule has 4 aromatic rings. The Morgan fingerprint density at radius 3 is 2.14 bits per heavy atom. The molecule has 7 rings (SSSR count). The number of anilines is 1. The van der Waals surface area contributed by atoms with Gasteiger partial charge in [-0.1, -0.05) is 66.2 Å². The lowest BCUT2D eigenvalue weighted by Gasteiger charge is -2.18. The van der Waals surface area contributed by atoms with E-state index >= 15 is 0 Å². The molecule has 2 heterocycles. The quantitative estimate of drug-likeness (QED) is 0.297. The van der Waals surface area contributed by atoms with Crippen LogP contribution in [0.25, 0.3) is 33.5 Å². The molecule has 4 atom stereocenters. The van der Waals surface area contributed by atoms with Gasteiger partial charge in [-0.15, -0.1) is 0 Å². The molecule has 0 spiro atoms. The fourth-order valence-electron chi connectivity index (χ4n) is 6.10. The van der Waals surface area contributed by atoms with E-state index < -0.39 is 0 Å². The van der Waals surface area contributed by atoms with Gasteiger partial charge in [0.2, 0.25) is 11.8 Å². The third-order valence-corrected chi connectivity index (χ3v) is 7.75. The molecule has 3 aliphatic rings. The van der Waals surface area contributed by atoms with E-state index in [1.54, 1.807) is 0 Å². The number of benzene rings is 3. The summed E-state index contributed by atoms with van der Waals surface area (Å²) in [5, 5.41) is 0.975. The first-order valence-electron chi connectivity index (χ1n) is 12.1. The van der Waals surface area contributed by atoms with Crippen LogP contribution >= 0.6 is 0 Å². The predicted octanol–water partition coefficient (Wildman–Crippen LogP) is 5.58. The molecule has 2 bridgehead atoms. The van der Waals surface area contributed by atoms with Gasteiger partial charge in [0.25, 0.3) is 0 Å². The maximum Gasteiger partial charge on any atom is 0.238 e. The van der Waals surface area contributed by atoms with E-state index in [4.69, 9.17) is 9.97 Å². The number of amides is 2. The van der Waals surface area contributed by atoms with Gasteiger partial charge in [0.05, 0.1) is 28.7 Å². The summed E-state index contributed by atoms with van der Waals surface area (Å²) in [6, 6.07) is 23.8. The van der Waals surface area contributed by atoms with Gasteiger partial charge < -0.3 is 0 Å². The molecule has 1 aliphatic heterocycles.